The van der Waals surface area contributed by atoms with Gasteiger partial charge in [0.15, 0.2) is 0 Å². The summed E-state index contributed by atoms with van der Waals surface area (Å²) in [6, 6.07) is 6.11. The maximum atomic E-state index is 13.9. The SMILES string of the molecule is CSCC[C@H](NS(=O)(=O)c1ccccc1F)C(=O)NCCCn1nc(C)cc1C. The zero-order valence-electron chi connectivity index (χ0n) is 16.8. The van der Waals surface area contributed by atoms with Crippen molar-refractivity contribution in [3.63, 3.8) is 0 Å². The number of nitrogens with one attached hydrogen (secondary N) is 2. The summed E-state index contributed by atoms with van der Waals surface area (Å²) in [5.41, 5.74) is 1.98. The molecule has 1 heterocycles. The lowest BCUT2D eigenvalue weighted by molar-refractivity contribution is -0.122. The first kappa shape index (κ1) is 23.4. The van der Waals surface area contributed by atoms with Crippen LogP contribution in [-0.2, 0) is 21.4 Å². The van der Waals surface area contributed by atoms with E-state index in [2.05, 4.69) is 15.1 Å². The molecule has 0 unspecified atom stereocenters. The van der Waals surface area contributed by atoms with E-state index in [1.807, 2.05) is 30.9 Å². The number of hydrogen-bond donors (Lipinski definition) is 2. The summed E-state index contributed by atoms with van der Waals surface area (Å²) in [4.78, 5) is 12.1. The summed E-state index contributed by atoms with van der Waals surface area (Å²) in [6.45, 7) is 4.92. The van der Waals surface area contributed by atoms with Gasteiger partial charge >= 0.3 is 0 Å². The fourth-order valence-corrected chi connectivity index (χ4v) is 4.64. The normalized spacial score (nSPS) is 12.7. The highest BCUT2D eigenvalue weighted by Crippen LogP contribution is 2.15. The number of carbonyl (C=O) groups excluding carboxylic acids is 1. The Hall–Kier alpha value is -1.91. The highest BCUT2D eigenvalue weighted by Gasteiger charge is 2.27. The Morgan fingerprint density at radius 3 is 2.66 bits per heavy atom. The number of thioether (sulfide) groups is 1. The number of sulfonamides is 1. The van der Waals surface area contributed by atoms with Crippen LogP contribution in [0, 0.1) is 19.7 Å². The van der Waals surface area contributed by atoms with Crippen LogP contribution in [0.15, 0.2) is 35.2 Å². The second kappa shape index (κ2) is 10.7. The molecule has 0 aliphatic heterocycles. The van der Waals surface area contributed by atoms with E-state index in [4.69, 9.17) is 0 Å². The van der Waals surface area contributed by atoms with Crippen LogP contribution < -0.4 is 10.0 Å². The number of nitrogens with zero attached hydrogens (tertiary/aromatic N) is 2. The van der Waals surface area contributed by atoms with Gasteiger partial charge in [0.1, 0.15) is 16.8 Å². The van der Waals surface area contributed by atoms with Gasteiger partial charge in [-0.05, 0) is 56.9 Å². The molecule has 0 saturated heterocycles. The van der Waals surface area contributed by atoms with Gasteiger partial charge in [0.25, 0.3) is 0 Å². The van der Waals surface area contributed by atoms with Crippen LogP contribution in [-0.4, -0.2) is 48.7 Å². The molecule has 0 spiro atoms. The zero-order chi connectivity index (χ0) is 21.4. The molecule has 0 aliphatic rings. The van der Waals surface area contributed by atoms with Gasteiger partial charge < -0.3 is 5.32 Å². The van der Waals surface area contributed by atoms with E-state index in [1.54, 1.807) is 0 Å². The van der Waals surface area contributed by atoms with E-state index >= 15 is 0 Å². The summed E-state index contributed by atoms with van der Waals surface area (Å²) in [6.07, 6.45) is 2.83. The fourth-order valence-electron chi connectivity index (χ4n) is 2.86. The monoisotopic (exact) mass is 442 g/mol. The number of rotatable bonds is 11. The first-order chi connectivity index (χ1) is 13.7. The molecule has 0 saturated carbocycles. The van der Waals surface area contributed by atoms with Crippen molar-refractivity contribution in [3.8, 4) is 0 Å². The minimum atomic E-state index is -4.15. The fraction of sp³-hybridized carbons (Fsp3) is 0.474. The Bertz CT molecular complexity index is 931. The van der Waals surface area contributed by atoms with Crippen molar-refractivity contribution < 1.29 is 17.6 Å². The summed E-state index contributed by atoms with van der Waals surface area (Å²) >= 11 is 1.50. The number of amides is 1. The van der Waals surface area contributed by atoms with Gasteiger partial charge in [0, 0.05) is 18.8 Å². The van der Waals surface area contributed by atoms with Gasteiger partial charge in [0.05, 0.1) is 5.69 Å². The zero-order valence-corrected chi connectivity index (χ0v) is 18.4. The van der Waals surface area contributed by atoms with Gasteiger partial charge in [-0.2, -0.15) is 21.6 Å². The summed E-state index contributed by atoms with van der Waals surface area (Å²) in [5.74, 6) is -0.690. The predicted molar refractivity (Wildman–Crippen MR) is 113 cm³/mol. The lowest BCUT2D eigenvalue weighted by Crippen LogP contribution is -2.47. The van der Waals surface area contributed by atoms with E-state index in [-0.39, 0.29) is 0 Å². The Labute approximate surface area is 175 Å². The van der Waals surface area contributed by atoms with Crippen molar-refractivity contribution >= 4 is 27.7 Å². The molecule has 2 rings (SSSR count). The van der Waals surface area contributed by atoms with Gasteiger partial charge in [-0.25, -0.2) is 12.8 Å². The number of aryl methyl sites for hydroxylation is 3. The van der Waals surface area contributed by atoms with Crippen LogP contribution in [0.1, 0.15) is 24.2 Å². The second-order valence-electron chi connectivity index (χ2n) is 6.68. The van der Waals surface area contributed by atoms with E-state index in [9.17, 15) is 17.6 Å². The van der Waals surface area contributed by atoms with E-state index in [1.165, 1.54) is 30.0 Å². The lowest BCUT2D eigenvalue weighted by Gasteiger charge is -2.18. The van der Waals surface area contributed by atoms with Crippen LogP contribution in [0.25, 0.3) is 0 Å². The number of carbonyl (C=O) groups is 1. The smallest absolute Gasteiger partial charge is 0.244 e. The van der Waals surface area contributed by atoms with E-state index in [0.29, 0.717) is 31.7 Å². The molecule has 0 radical (unpaired) electrons. The minimum absolute atomic E-state index is 0.304. The topological polar surface area (TPSA) is 93.1 Å². The minimum Gasteiger partial charge on any atom is -0.355 e. The Balaban J connectivity index is 1.96. The third-order valence-corrected chi connectivity index (χ3v) is 6.45. The molecule has 2 N–H and O–H groups in total. The maximum absolute atomic E-state index is 13.9. The van der Waals surface area contributed by atoms with Gasteiger partial charge in [0.2, 0.25) is 15.9 Å². The quantitative estimate of drug-likeness (QED) is 0.521. The standard InChI is InChI=1S/C19H27FN4O3S2/c1-14-13-15(2)24(22-14)11-6-10-21-19(25)17(9-12-28-3)23-29(26,27)18-8-5-4-7-16(18)20/h4-5,7-8,13,17,23H,6,9-12H2,1-3H3,(H,21,25)/t17-/m0/s1. The molecule has 2 aromatic rings. The number of aromatic nitrogens is 2. The summed E-state index contributed by atoms with van der Waals surface area (Å²) in [7, 11) is -4.15. The van der Waals surface area contributed by atoms with E-state index < -0.39 is 32.7 Å². The Morgan fingerprint density at radius 2 is 2.03 bits per heavy atom. The molecule has 1 amide bonds. The molecule has 1 atom stereocenters. The van der Waals surface area contributed by atoms with Crippen LogP contribution >= 0.6 is 11.8 Å². The Kier molecular flexibility index (Phi) is 8.66. The third-order valence-electron chi connectivity index (χ3n) is 4.30. The predicted octanol–water partition coefficient (Wildman–Crippen LogP) is 2.25. The highest BCUT2D eigenvalue weighted by molar-refractivity contribution is 7.98. The summed E-state index contributed by atoms with van der Waals surface area (Å²) in [5, 5.41) is 7.13. The molecule has 160 valence electrons. The average Bonchev–Trinajstić information content (AvgIpc) is 2.99. The maximum Gasteiger partial charge on any atom is 0.244 e. The molecule has 0 bridgehead atoms. The summed E-state index contributed by atoms with van der Waals surface area (Å²) < 4.78 is 43.2. The van der Waals surface area contributed by atoms with Gasteiger partial charge in [-0.1, -0.05) is 12.1 Å². The molecule has 1 aromatic heterocycles. The lowest BCUT2D eigenvalue weighted by atomic mass is 10.2. The molecule has 1 aromatic carbocycles. The van der Waals surface area contributed by atoms with Crippen LogP contribution in [0.3, 0.4) is 0 Å². The largest absolute Gasteiger partial charge is 0.355 e. The molecule has 0 fully saturated rings. The number of benzene rings is 1. The molecule has 7 nitrogen and oxygen atoms in total. The molecule has 10 heteroatoms. The number of hydrogen-bond acceptors (Lipinski definition) is 5. The van der Waals surface area contributed by atoms with Crippen LogP contribution in [0.5, 0.6) is 0 Å². The first-order valence-electron chi connectivity index (χ1n) is 9.29. The Morgan fingerprint density at radius 1 is 1.31 bits per heavy atom. The van der Waals surface area contributed by atoms with Crippen molar-refractivity contribution in [3.05, 3.63) is 47.5 Å². The highest BCUT2D eigenvalue weighted by atomic mass is 32.2. The van der Waals surface area contributed by atoms with Crippen LogP contribution in [0.4, 0.5) is 4.39 Å². The van der Waals surface area contributed by atoms with Crippen molar-refractivity contribution in [1.29, 1.82) is 0 Å². The van der Waals surface area contributed by atoms with E-state index in [0.717, 1.165) is 17.5 Å². The second-order valence-corrected chi connectivity index (χ2v) is 9.35. The third kappa shape index (κ3) is 6.83. The number of halogens is 1. The van der Waals surface area contributed by atoms with Gasteiger partial charge in [-0.15, -0.1) is 0 Å². The van der Waals surface area contributed by atoms with Crippen molar-refractivity contribution in [2.24, 2.45) is 0 Å². The van der Waals surface area contributed by atoms with Gasteiger partial charge in [-0.3, -0.25) is 9.48 Å². The van der Waals surface area contributed by atoms with Crippen molar-refractivity contribution in [1.82, 2.24) is 19.8 Å². The van der Waals surface area contributed by atoms with Crippen LogP contribution in [0.2, 0.25) is 0 Å². The first-order valence-corrected chi connectivity index (χ1v) is 12.2. The molecular formula is C19H27FN4O3S2. The average molecular weight is 443 g/mol. The van der Waals surface area contributed by atoms with Crippen molar-refractivity contribution in [2.75, 3.05) is 18.6 Å². The van der Waals surface area contributed by atoms with Crippen molar-refractivity contribution in [2.45, 2.75) is 44.2 Å². The molecule has 0 aliphatic carbocycles. The molecular weight excluding hydrogens is 415 g/mol. The molecule has 29 heavy (non-hydrogen) atoms.